The van der Waals surface area contributed by atoms with Crippen LogP contribution in [0.25, 0.3) is 27.4 Å². The normalized spacial score (nSPS) is 11.0. The maximum Gasteiger partial charge on any atom is 0.281 e. The first-order valence-electron chi connectivity index (χ1n) is 9.95. The predicted octanol–water partition coefficient (Wildman–Crippen LogP) is 4.75. The van der Waals surface area contributed by atoms with Crippen LogP contribution in [-0.2, 0) is 0 Å². The van der Waals surface area contributed by atoms with E-state index in [1.807, 2.05) is 91.9 Å². The van der Waals surface area contributed by atoms with Gasteiger partial charge in [0.2, 0.25) is 5.69 Å². The molecule has 0 fully saturated rings. The molecule has 154 valence electrons. The van der Waals surface area contributed by atoms with Gasteiger partial charge in [-0.05, 0) is 36.0 Å². The van der Waals surface area contributed by atoms with Crippen molar-refractivity contribution in [3.05, 3.63) is 107 Å². The van der Waals surface area contributed by atoms with Crippen LogP contribution in [0.4, 0.5) is 0 Å². The Kier molecular flexibility index (Phi) is 6.24. The fourth-order valence-corrected chi connectivity index (χ4v) is 4.35. The van der Waals surface area contributed by atoms with Crippen LogP contribution in [-0.4, -0.2) is 6.61 Å². The molecule has 0 spiro atoms. The van der Waals surface area contributed by atoms with Gasteiger partial charge in [-0.25, -0.2) is 0 Å². The molecule has 4 aromatic rings. The van der Waals surface area contributed by atoms with Crippen molar-refractivity contribution in [1.29, 1.82) is 0 Å². The van der Waals surface area contributed by atoms with Gasteiger partial charge >= 0.3 is 0 Å². The second kappa shape index (κ2) is 9.41. The van der Waals surface area contributed by atoms with Crippen LogP contribution in [0.1, 0.15) is 6.92 Å². The molecule has 0 aliphatic heterocycles. The van der Waals surface area contributed by atoms with Crippen LogP contribution in [0, 0.1) is 0 Å². The molecule has 0 saturated heterocycles. The fraction of sp³-hybridized carbons (Fsp3) is 0.0769. The Bertz CT molecular complexity index is 1270. The Morgan fingerprint density at radius 3 is 2.29 bits per heavy atom. The van der Waals surface area contributed by atoms with E-state index >= 15 is 0 Å². The van der Waals surface area contributed by atoms with Crippen LogP contribution in [0.15, 0.2) is 102 Å². The number of aromatic nitrogens is 1. The van der Waals surface area contributed by atoms with Gasteiger partial charge in [-0.3, -0.25) is 4.79 Å². The van der Waals surface area contributed by atoms with Crippen molar-refractivity contribution in [2.24, 2.45) is 0 Å². The molecule has 0 N–H and O–H groups in total. The van der Waals surface area contributed by atoms with Crippen molar-refractivity contribution in [2.75, 3.05) is 6.61 Å². The number of allylic oxidation sites excluding steroid dienone is 1. The molecule has 1 aromatic heterocycles. The Hall–Kier alpha value is -3.70. The van der Waals surface area contributed by atoms with E-state index in [-0.39, 0.29) is 16.2 Å². The molecule has 0 amide bonds. The lowest BCUT2D eigenvalue weighted by Gasteiger charge is -2.15. The number of hydrogen-bond donors (Lipinski definition) is 0. The zero-order valence-corrected chi connectivity index (χ0v) is 17.8. The van der Waals surface area contributed by atoms with Crippen molar-refractivity contribution in [2.45, 2.75) is 6.92 Å². The van der Waals surface area contributed by atoms with Gasteiger partial charge in [0.25, 0.3) is 9.75 Å². The average molecular weight is 428 g/mol. The lowest BCUT2D eigenvalue weighted by Crippen LogP contribution is -2.39. The summed E-state index contributed by atoms with van der Waals surface area (Å²) >= 11 is 1.05. The minimum atomic E-state index is -0.348. The SMILES string of the molecule is C/C=C/COc1ccccc1-c1sc(=O)c(-c2ccccc2)c([O-])[n+]1-c1ccccc1. The molecule has 0 aliphatic rings. The summed E-state index contributed by atoms with van der Waals surface area (Å²) in [5.74, 6) is 0.271. The summed E-state index contributed by atoms with van der Waals surface area (Å²) in [5.41, 5.74) is 2.18. The number of hydrogen-bond acceptors (Lipinski definition) is 4. The first kappa shape index (κ1) is 20.6. The van der Waals surface area contributed by atoms with E-state index in [1.54, 1.807) is 16.7 Å². The summed E-state index contributed by atoms with van der Waals surface area (Å²) in [6, 6.07) is 25.9. The van der Waals surface area contributed by atoms with E-state index < -0.39 is 0 Å². The maximum absolute atomic E-state index is 13.7. The molecule has 0 bridgehead atoms. The molecule has 0 atom stereocenters. The summed E-state index contributed by atoms with van der Waals surface area (Å²) in [7, 11) is 0. The van der Waals surface area contributed by atoms with Gasteiger partial charge in [-0.1, -0.05) is 72.8 Å². The largest absolute Gasteiger partial charge is 0.822 e. The van der Waals surface area contributed by atoms with Crippen molar-refractivity contribution in [3.63, 3.8) is 0 Å². The molecule has 5 heteroatoms. The summed E-state index contributed by atoms with van der Waals surface area (Å²) in [4.78, 5) is 13.1. The molecular weight excluding hydrogens is 406 g/mol. The third kappa shape index (κ3) is 4.27. The maximum atomic E-state index is 13.7. The van der Waals surface area contributed by atoms with E-state index in [1.165, 1.54) is 0 Å². The van der Waals surface area contributed by atoms with E-state index in [9.17, 15) is 9.90 Å². The van der Waals surface area contributed by atoms with Gasteiger partial charge in [-0.2, -0.15) is 4.57 Å². The lowest BCUT2D eigenvalue weighted by atomic mass is 10.1. The minimum absolute atomic E-state index is 0.172. The highest BCUT2D eigenvalue weighted by molar-refractivity contribution is 7.12. The zero-order chi connectivity index (χ0) is 21.6. The zero-order valence-electron chi connectivity index (χ0n) is 17.0. The Balaban J connectivity index is 1.99. The highest BCUT2D eigenvalue weighted by Crippen LogP contribution is 2.33. The average Bonchev–Trinajstić information content (AvgIpc) is 2.80. The second-order valence-corrected chi connectivity index (χ2v) is 7.75. The topological polar surface area (TPSA) is 53.2 Å². The highest BCUT2D eigenvalue weighted by atomic mass is 32.1. The summed E-state index contributed by atoms with van der Waals surface area (Å²) in [6.45, 7) is 2.33. The van der Waals surface area contributed by atoms with E-state index in [2.05, 4.69) is 0 Å². The van der Waals surface area contributed by atoms with Gasteiger partial charge in [0.1, 0.15) is 17.9 Å². The monoisotopic (exact) mass is 427 g/mol. The number of rotatable bonds is 6. The van der Waals surface area contributed by atoms with Crippen molar-refractivity contribution in [1.82, 2.24) is 0 Å². The first-order chi connectivity index (χ1) is 15.2. The first-order valence-corrected chi connectivity index (χ1v) is 10.8. The molecular formula is C26H21NO3S. The third-order valence-corrected chi connectivity index (χ3v) is 5.76. The second-order valence-electron chi connectivity index (χ2n) is 6.79. The molecule has 31 heavy (non-hydrogen) atoms. The van der Waals surface area contributed by atoms with E-state index in [4.69, 9.17) is 4.74 Å². The fourth-order valence-electron chi connectivity index (χ4n) is 3.31. The number of nitrogens with zero attached hydrogens (tertiary/aromatic N) is 1. The van der Waals surface area contributed by atoms with Crippen molar-refractivity contribution < 1.29 is 14.4 Å². The van der Waals surface area contributed by atoms with E-state index in [0.717, 1.165) is 11.3 Å². The third-order valence-electron chi connectivity index (χ3n) is 4.78. The molecule has 0 aliphatic carbocycles. The molecule has 4 nitrogen and oxygen atoms in total. The van der Waals surface area contributed by atoms with Crippen LogP contribution in [0.3, 0.4) is 0 Å². The molecule has 3 aromatic carbocycles. The van der Waals surface area contributed by atoms with Crippen molar-refractivity contribution >= 4 is 11.3 Å². The Morgan fingerprint density at radius 1 is 0.935 bits per heavy atom. The molecule has 4 rings (SSSR count). The van der Waals surface area contributed by atoms with Crippen LogP contribution in [0.5, 0.6) is 11.6 Å². The predicted molar refractivity (Wildman–Crippen MR) is 123 cm³/mol. The minimum Gasteiger partial charge on any atom is -0.822 e. The number of para-hydroxylation sites is 2. The van der Waals surface area contributed by atoms with Crippen LogP contribution in [0.2, 0.25) is 0 Å². The Labute approximate surface area is 185 Å². The molecule has 0 saturated carbocycles. The Morgan fingerprint density at radius 2 is 1.58 bits per heavy atom. The van der Waals surface area contributed by atoms with Gasteiger partial charge in [0.15, 0.2) is 5.88 Å². The van der Waals surface area contributed by atoms with E-state index in [0.29, 0.717) is 34.2 Å². The number of benzene rings is 3. The number of ether oxygens (including phenoxy) is 1. The smallest absolute Gasteiger partial charge is 0.281 e. The van der Waals surface area contributed by atoms with Gasteiger partial charge in [-0.15, -0.1) is 0 Å². The summed E-state index contributed by atoms with van der Waals surface area (Å²) in [5, 5.41) is 14.2. The van der Waals surface area contributed by atoms with Crippen LogP contribution < -0.4 is 19.2 Å². The standard InChI is InChI=1S/C26H21NO3S/c1-2-3-18-30-22-17-11-10-16-21(22)25-27(20-14-8-5-9-15-20)24(28)23(26(29)31-25)19-12-6-4-7-13-19/h2-17H,18H2,1H3/b3-2+. The summed E-state index contributed by atoms with van der Waals surface area (Å²) < 4.78 is 7.25. The lowest BCUT2D eigenvalue weighted by molar-refractivity contribution is -0.638. The van der Waals surface area contributed by atoms with Gasteiger partial charge < -0.3 is 9.84 Å². The molecule has 0 radical (unpaired) electrons. The quantitative estimate of drug-likeness (QED) is 0.330. The highest BCUT2D eigenvalue weighted by Gasteiger charge is 2.26. The molecule has 0 unspecified atom stereocenters. The van der Waals surface area contributed by atoms with Gasteiger partial charge in [0, 0.05) is 12.1 Å². The van der Waals surface area contributed by atoms with Crippen molar-refractivity contribution in [3.8, 4) is 39.0 Å². The summed E-state index contributed by atoms with van der Waals surface area (Å²) in [6.07, 6.45) is 3.82. The van der Waals surface area contributed by atoms with Gasteiger partial charge in [0.05, 0.1) is 5.56 Å². The molecule has 1 heterocycles. The van der Waals surface area contributed by atoms with Crippen LogP contribution >= 0.6 is 11.3 Å².